The number of hydrogen-bond acceptors (Lipinski definition) is 1. The van der Waals surface area contributed by atoms with E-state index < -0.39 is 12.7 Å². The van der Waals surface area contributed by atoms with Gasteiger partial charge in [-0.3, -0.25) is 4.90 Å². The van der Waals surface area contributed by atoms with Crippen molar-refractivity contribution in [2.45, 2.75) is 24.4 Å². The second-order valence-corrected chi connectivity index (χ2v) is 3.68. The first kappa shape index (κ1) is 10.1. The number of rotatable bonds is 1. The lowest BCUT2D eigenvalue weighted by molar-refractivity contribution is -0.147. The predicted octanol–water partition coefficient (Wildman–Crippen LogP) is 2.25. The Morgan fingerprint density at radius 3 is 2.17 bits per heavy atom. The summed E-state index contributed by atoms with van der Waals surface area (Å²) in [7, 11) is 0. The Kier molecular flexibility index (Phi) is 3.23. The molecule has 1 fully saturated rings. The molecule has 1 aliphatic rings. The van der Waals surface area contributed by atoms with E-state index in [1.54, 1.807) is 0 Å². The van der Waals surface area contributed by atoms with Gasteiger partial charge in [-0.15, -0.1) is 11.6 Å². The molecular weight excluding hydrogens is 191 g/mol. The van der Waals surface area contributed by atoms with E-state index in [0.29, 0.717) is 25.9 Å². The van der Waals surface area contributed by atoms with Crippen LogP contribution in [0.3, 0.4) is 0 Å². The van der Waals surface area contributed by atoms with Gasteiger partial charge in [0.15, 0.2) is 0 Å². The first-order valence-electron chi connectivity index (χ1n) is 3.90. The minimum Gasteiger partial charge on any atom is -0.295 e. The maximum atomic E-state index is 11.9. The van der Waals surface area contributed by atoms with Crippen molar-refractivity contribution in [3.63, 3.8) is 0 Å². The number of likely N-dealkylation sites (tertiary alicyclic amines) is 1. The fourth-order valence-electron chi connectivity index (χ4n) is 1.31. The van der Waals surface area contributed by atoms with Crippen molar-refractivity contribution in [1.29, 1.82) is 0 Å². The summed E-state index contributed by atoms with van der Waals surface area (Å²) < 4.78 is 35.6. The van der Waals surface area contributed by atoms with Gasteiger partial charge in [0.2, 0.25) is 0 Å². The summed E-state index contributed by atoms with van der Waals surface area (Å²) in [5.74, 6) is 0. The van der Waals surface area contributed by atoms with E-state index in [9.17, 15) is 13.2 Å². The minimum absolute atomic E-state index is 0.0643. The Hall–Kier alpha value is 0.0400. The quantitative estimate of drug-likeness (QED) is 0.589. The normalized spacial score (nSPS) is 23.0. The maximum Gasteiger partial charge on any atom is 0.401 e. The van der Waals surface area contributed by atoms with Crippen LogP contribution in [0.1, 0.15) is 12.8 Å². The molecule has 1 nitrogen and oxygen atoms in total. The summed E-state index contributed by atoms with van der Waals surface area (Å²) in [5.41, 5.74) is 0. The molecule has 0 saturated carbocycles. The van der Waals surface area contributed by atoms with Crippen molar-refractivity contribution in [2.75, 3.05) is 19.6 Å². The molecule has 1 rings (SSSR count). The summed E-state index contributed by atoms with van der Waals surface area (Å²) in [6.45, 7) is 0.137. The Morgan fingerprint density at radius 1 is 1.25 bits per heavy atom. The lowest BCUT2D eigenvalue weighted by atomic mass is 10.1. The highest BCUT2D eigenvalue weighted by Gasteiger charge is 2.32. The number of alkyl halides is 4. The van der Waals surface area contributed by atoms with Gasteiger partial charge in [0.25, 0.3) is 0 Å². The van der Waals surface area contributed by atoms with Gasteiger partial charge in [0, 0.05) is 5.38 Å². The second-order valence-electron chi connectivity index (χ2n) is 3.07. The maximum absolute atomic E-state index is 11.9. The second kappa shape index (κ2) is 3.83. The zero-order chi connectivity index (χ0) is 9.19. The third kappa shape index (κ3) is 3.63. The standard InChI is InChI=1S/C7H11ClF3N/c8-6-1-3-12(4-2-6)5-7(9,10)11/h6H,1-5H2. The molecule has 0 amide bonds. The minimum atomic E-state index is -4.07. The van der Waals surface area contributed by atoms with Gasteiger partial charge < -0.3 is 0 Å². The van der Waals surface area contributed by atoms with E-state index in [0.717, 1.165) is 0 Å². The Bertz CT molecular complexity index is 140. The predicted molar refractivity (Wildman–Crippen MR) is 41.4 cm³/mol. The van der Waals surface area contributed by atoms with E-state index in [-0.39, 0.29) is 5.38 Å². The average molecular weight is 202 g/mol. The summed E-state index contributed by atoms with van der Waals surface area (Å²) in [5, 5.41) is 0.0643. The van der Waals surface area contributed by atoms with Gasteiger partial charge in [-0.05, 0) is 25.9 Å². The highest BCUT2D eigenvalue weighted by Crippen LogP contribution is 2.21. The van der Waals surface area contributed by atoms with E-state index in [1.165, 1.54) is 4.90 Å². The van der Waals surface area contributed by atoms with Crippen LogP contribution in [-0.4, -0.2) is 36.1 Å². The van der Waals surface area contributed by atoms with Crippen molar-refractivity contribution in [3.8, 4) is 0 Å². The average Bonchev–Trinajstić information content (AvgIpc) is 1.91. The molecule has 0 aliphatic carbocycles. The highest BCUT2D eigenvalue weighted by atomic mass is 35.5. The molecule has 0 spiro atoms. The molecule has 0 aromatic rings. The molecule has 5 heteroatoms. The zero-order valence-electron chi connectivity index (χ0n) is 6.57. The molecular formula is C7H11ClF3N. The zero-order valence-corrected chi connectivity index (χ0v) is 7.33. The molecule has 1 aliphatic heterocycles. The van der Waals surface area contributed by atoms with Crippen LogP contribution in [0.15, 0.2) is 0 Å². The lowest BCUT2D eigenvalue weighted by Gasteiger charge is -2.29. The SMILES string of the molecule is FC(F)(F)CN1CCC(Cl)CC1. The van der Waals surface area contributed by atoms with Crippen LogP contribution in [0.4, 0.5) is 13.2 Å². The molecule has 0 aromatic carbocycles. The van der Waals surface area contributed by atoms with Crippen LogP contribution < -0.4 is 0 Å². The van der Waals surface area contributed by atoms with Crippen LogP contribution in [0, 0.1) is 0 Å². The number of piperidine rings is 1. The summed E-state index contributed by atoms with van der Waals surface area (Å²) >= 11 is 5.75. The van der Waals surface area contributed by atoms with Crippen LogP contribution >= 0.6 is 11.6 Å². The van der Waals surface area contributed by atoms with Gasteiger partial charge in [-0.2, -0.15) is 13.2 Å². The molecule has 0 unspecified atom stereocenters. The van der Waals surface area contributed by atoms with E-state index >= 15 is 0 Å². The fraction of sp³-hybridized carbons (Fsp3) is 1.00. The lowest BCUT2D eigenvalue weighted by Crippen LogP contribution is -2.40. The Morgan fingerprint density at radius 2 is 1.75 bits per heavy atom. The van der Waals surface area contributed by atoms with Crippen molar-refractivity contribution < 1.29 is 13.2 Å². The van der Waals surface area contributed by atoms with Crippen molar-refractivity contribution in [3.05, 3.63) is 0 Å². The topological polar surface area (TPSA) is 3.24 Å². The van der Waals surface area contributed by atoms with Gasteiger partial charge in [-0.1, -0.05) is 0 Å². The molecule has 0 radical (unpaired) electrons. The first-order chi connectivity index (χ1) is 5.47. The Labute approximate surface area is 74.5 Å². The van der Waals surface area contributed by atoms with Crippen LogP contribution in [0.25, 0.3) is 0 Å². The molecule has 1 heterocycles. The van der Waals surface area contributed by atoms with Crippen molar-refractivity contribution >= 4 is 11.6 Å². The van der Waals surface area contributed by atoms with Gasteiger partial charge in [0.05, 0.1) is 6.54 Å². The number of halogens is 4. The highest BCUT2D eigenvalue weighted by molar-refractivity contribution is 6.20. The molecule has 1 saturated heterocycles. The van der Waals surface area contributed by atoms with E-state index in [4.69, 9.17) is 11.6 Å². The van der Waals surface area contributed by atoms with Crippen molar-refractivity contribution in [1.82, 2.24) is 4.90 Å². The molecule has 72 valence electrons. The largest absolute Gasteiger partial charge is 0.401 e. The van der Waals surface area contributed by atoms with Crippen LogP contribution in [0.5, 0.6) is 0 Å². The van der Waals surface area contributed by atoms with E-state index in [1.807, 2.05) is 0 Å². The summed E-state index contributed by atoms with van der Waals surface area (Å²) in [6, 6.07) is 0. The van der Waals surface area contributed by atoms with Crippen LogP contribution in [0.2, 0.25) is 0 Å². The monoisotopic (exact) mass is 201 g/mol. The number of hydrogen-bond donors (Lipinski definition) is 0. The fourth-order valence-corrected chi connectivity index (χ4v) is 1.51. The van der Waals surface area contributed by atoms with Gasteiger partial charge in [0.1, 0.15) is 0 Å². The Balaban J connectivity index is 2.26. The molecule has 0 aromatic heterocycles. The van der Waals surface area contributed by atoms with Crippen molar-refractivity contribution in [2.24, 2.45) is 0 Å². The third-order valence-electron chi connectivity index (χ3n) is 1.92. The molecule has 12 heavy (non-hydrogen) atoms. The third-order valence-corrected chi connectivity index (χ3v) is 2.36. The van der Waals surface area contributed by atoms with E-state index in [2.05, 4.69) is 0 Å². The smallest absolute Gasteiger partial charge is 0.295 e. The summed E-state index contributed by atoms with van der Waals surface area (Å²) in [6.07, 6.45) is -2.74. The van der Waals surface area contributed by atoms with Gasteiger partial charge in [-0.25, -0.2) is 0 Å². The molecule has 0 N–H and O–H groups in total. The summed E-state index contributed by atoms with van der Waals surface area (Å²) in [4.78, 5) is 1.40. The first-order valence-corrected chi connectivity index (χ1v) is 4.34. The van der Waals surface area contributed by atoms with Gasteiger partial charge >= 0.3 is 6.18 Å². The number of nitrogens with zero attached hydrogens (tertiary/aromatic N) is 1. The molecule has 0 bridgehead atoms. The van der Waals surface area contributed by atoms with Crippen LogP contribution in [-0.2, 0) is 0 Å². The molecule has 0 atom stereocenters.